The molecule has 0 fully saturated rings. The molecule has 3 nitrogen and oxygen atoms in total. The van der Waals surface area contributed by atoms with E-state index in [1.807, 2.05) is 36.4 Å². The summed E-state index contributed by atoms with van der Waals surface area (Å²) in [7, 11) is 0. The van der Waals surface area contributed by atoms with Gasteiger partial charge in [0.2, 0.25) is 0 Å². The Hall–Kier alpha value is -1.74. The Labute approximate surface area is 121 Å². The van der Waals surface area contributed by atoms with Crippen molar-refractivity contribution in [2.45, 2.75) is 32.7 Å². The van der Waals surface area contributed by atoms with Crippen LogP contribution in [0.4, 0.5) is 5.69 Å². The van der Waals surface area contributed by atoms with Crippen LogP contribution in [0, 0.1) is 5.41 Å². The minimum absolute atomic E-state index is 0.0355. The van der Waals surface area contributed by atoms with Crippen LogP contribution in [0.5, 0.6) is 0 Å². The smallest absolute Gasteiger partial charge is 0.159 e. The number of hydrogen-bond acceptors (Lipinski definition) is 3. The monoisotopic (exact) mass is 272 g/mol. The summed E-state index contributed by atoms with van der Waals surface area (Å²) in [5, 5.41) is 3.21. The van der Waals surface area contributed by atoms with Gasteiger partial charge in [-0.25, -0.2) is 0 Å². The van der Waals surface area contributed by atoms with Gasteiger partial charge in [-0.2, -0.15) is 0 Å². The van der Waals surface area contributed by atoms with Gasteiger partial charge >= 0.3 is 0 Å². The van der Waals surface area contributed by atoms with Gasteiger partial charge in [-0.15, -0.1) is 0 Å². The molecule has 1 aromatic rings. The lowest BCUT2D eigenvalue weighted by Crippen LogP contribution is -2.50. The van der Waals surface area contributed by atoms with Crippen molar-refractivity contribution in [2.24, 2.45) is 11.1 Å². The third kappa shape index (κ3) is 3.42. The van der Waals surface area contributed by atoms with E-state index in [2.05, 4.69) is 38.2 Å². The summed E-state index contributed by atoms with van der Waals surface area (Å²) in [5.74, 6) is 0.874. The van der Waals surface area contributed by atoms with E-state index in [4.69, 9.17) is 10.5 Å². The molecule has 0 amide bonds. The molecule has 0 aliphatic heterocycles. The first-order chi connectivity index (χ1) is 9.41. The van der Waals surface area contributed by atoms with Gasteiger partial charge in [0, 0.05) is 11.2 Å². The summed E-state index contributed by atoms with van der Waals surface area (Å²) >= 11 is 0. The summed E-state index contributed by atoms with van der Waals surface area (Å²) < 4.78 is 5.70. The van der Waals surface area contributed by atoms with Gasteiger partial charge in [-0.05, 0) is 36.1 Å². The SMILES string of the molecule is CC(C)(C)C1(N)C=CC(OCNc2ccccc2)=CC1. The van der Waals surface area contributed by atoms with E-state index in [0.29, 0.717) is 6.73 Å². The van der Waals surface area contributed by atoms with Crippen LogP contribution >= 0.6 is 0 Å². The molecule has 0 aromatic heterocycles. The molecule has 0 spiro atoms. The number of rotatable bonds is 4. The molecular weight excluding hydrogens is 248 g/mol. The summed E-state index contributed by atoms with van der Waals surface area (Å²) in [4.78, 5) is 0. The minimum Gasteiger partial charge on any atom is -0.474 e. The summed E-state index contributed by atoms with van der Waals surface area (Å²) in [5.41, 5.74) is 7.20. The molecule has 0 saturated heterocycles. The molecule has 0 bridgehead atoms. The first-order valence-electron chi connectivity index (χ1n) is 7.01. The van der Waals surface area contributed by atoms with Crippen LogP contribution in [0.25, 0.3) is 0 Å². The molecule has 108 valence electrons. The second-order valence-electron chi connectivity index (χ2n) is 6.27. The fraction of sp³-hybridized carbons (Fsp3) is 0.412. The predicted octanol–water partition coefficient (Wildman–Crippen LogP) is 3.66. The van der Waals surface area contributed by atoms with Crippen molar-refractivity contribution in [1.29, 1.82) is 0 Å². The number of ether oxygens (including phenoxy) is 1. The number of nitrogens with two attached hydrogens (primary N) is 1. The van der Waals surface area contributed by atoms with Crippen molar-refractivity contribution in [1.82, 2.24) is 0 Å². The predicted molar refractivity (Wildman–Crippen MR) is 84.2 cm³/mol. The fourth-order valence-corrected chi connectivity index (χ4v) is 2.06. The average molecular weight is 272 g/mol. The Morgan fingerprint density at radius 3 is 2.50 bits per heavy atom. The van der Waals surface area contributed by atoms with E-state index in [0.717, 1.165) is 17.9 Å². The first-order valence-corrected chi connectivity index (χ1v) is 7.01. The molecule has 0 radical (unpaired) electrons. The maximum absolute atomic E-state index is 6.42. The third-order valence-corrected chi connectivity index (χ3v) is 3.87. The summed E-state index contributed by atoms with van der Waals surface area (Å²) in [6.45, 7) is 6.93. The standard InChI is InChI=1S/C17H24N2O/c1-16(2,3)17(18)11-9-15(10-12-17)20-13-19-14-7-5-4-6-8-14/h4-11,19H,12-13,18H2,1-3H3. The zero-order chi connectivity index (χ0) is 14.6. The van der Waals surface area contributed by atoms with E-state index in [1.54, 1.807) is 0 Å². The van der Waals surface area contributed by atoms with E-state index in [1.165, 1.54) is 0 Å². The molecule has 20 heavy (non-hydrogen) atoms. The van der Waals surface area contributed by atoms with Crippen molar-refractivity contribution >= 4 is 5.69 Å². The average Bonchev–Trinajstić information content (AvgIpc) is 2.41. The van der Waals surface area contributed by atoms with Gasteiger partial charge in [0.1, 0.15) is 5.76 Å². The molecular formula is C17H24N2O. The van der Waals surface area contributed by atoms with Gasteiger partial charge in [-0.1, -0.05) is 45.0 Å². The molecule has 1 aliphatic carbocycles. The third-order valence-electron chi connectivity index (χ3n) is 3.87. The highest BCUT2D eigenvalue weighted by Crippen LogP contribution is 2.35. The molecule has 2 rings (SSSR count). The molecule has 0 heterocycles. The van der Waals surface area contributed by atoms with Crippen LogP contribution in [-0.2, 0) is 4.74 Å². The molecule has 1 atom stereocenters. The van der Waals surface area contributed by atoms with Crippen molar-refractivity contribution < 1.29 is 4.74 Å². The highest BCUT2D eigenvalue weighted by atomic mass is 16.5. The largest absolute Gasteiger partial charge is 0.474 e. The first kappa shape index (κ1) is 14.7. The van der Waals surface area contributed by atoms with Crippen molar-refractivity contribution in [3.63, 3.8) is 0 Å². The van der Waals surface area contributed by atoms with Gasteiger partial charge in [0.05, 0.1) is 0 Å². The Morgan fingerprint density at radius 1 is 1.25 bits per heavy atom. The maximum atomic E-state index is 6.42. The van der Waals surface area contributed by atoms with Crippen molar-refractivity contribution in [3.8, 4) is 0 Å². The Balaban J connectivity index is 1.84. The van der Waals surface area contributed by atoms with Crippen LogP contribution in [0.15, 0.2) is 54.3 Å². The Bertz CT molecular complexity index is 499. The van der Waals surface area contributed by atoms with E-state index < -0.39 is 0 Å². The second kappa shape index (κ2) is 5.71. The highest BCUT2D eigenvalue weighted by molar-refractivity contribution is 5.42. The lowest BCUT2D eigenvalue weighted by molar-refractivity contribution is 0.217. The molecule has 1 aromatic carbocycles. The molecule has 3 heteroatoms. The van der Waals surface area contributed by atoms with Gasteiger partial charge in [-0.3, -0.25) is 0 Å². The molecule has 1 unspecified atom stereocenters. The lowest BCUT2D eigenvalue weighted by Gasteiger charge is -2.40. The van der Waals surface area contributed by atoms with Crippen LogP contribution in [0.2, 0.25) is 0 Å². The number of para-hydroxylation sites is 1. The van der Waals surface area contributed by atoms with E-state index in [-0.39, 0.29) is 11.0 Å². The minimum atomic E-state index is -0.299. The topological polar surface area (TPSA) is 47.3 Å². The second-order valence-corrected chi connectivity index (χ2v) is 6.27. The molecule has 3 N–H and O–H groups in total. The van der Waals surface area contributed by atoms with Crippen LogP contribution in [0.3, 0.4) is 0 Å². The highest BCUT2D eigenvalue weighted by Gasteiger charge is 2.36. The van der Waals surface area contributed by atoms with E-state index >= 15 is 0 Å². The van der Waals surface area contributed by atoms with Crippen LogP contribution < -0.4 is 11.1 Å². The Morgan fingerprint density at radius 2 is 1.95 bits per heavy atom. The quantitative estimate of drug-likeness (QED) is 0.822. The van der Waals surface area contributed by atoms with Crippen LogP contribution in [0.1, 0.15) is 27.2 Å². The lowest BCUT2D eigenvalue weighted by atomic mass is 9.71. The summed E-state index contributed by atoms with van der Waals surface area (Å²) in [6, 6.07) is 10.0. The van der Waals surface area contributed by atoms with Crippen molar-refractivity contribution in [2.75, 3.05) is 12.0 Å². The number of hydrogen-bond donors (Lipinski definition) is 2. The molecule has 0 saturated carbocycles. The zero-order valence-electron chi connectivity index (χ0n) is 12.5. The van der Waals surface area contributed by atoms with Gasteiger partial charge in [0.25, 0.3) is 0 Å². The number of anilines is 1. The Kier molecular flexibility index (Phi) is 4.19. The number of nitrogens with one attached hydrogen (secondary N) is 1. The fourth-order valence-electron chi connectivity index (χ4n) is 2.06. The number of benzene rings is 1. The van der Waals surface area contributed by atoms with Crippen molar-refractivity contribution in [3.05, 3.63) is 54.3 Å². The van der Waals surface area contributed by atoms with Gasteiger partial charge in [0.15, 0.2) is 6.73 Å². The maximum Gasteiger partial charge on any atom is 0.159 e. The summed E-state index contributed by atoms with van der Waals surface area (Å²) in [6.07, 6.45) is 6.90. The normalized spacial score (nSPS) is 22.3. The number of allylic oxidation sites excluding steroid dienone is 1. The molecule has 1 aliphatic rings. The van der Waals surface area contributed by atoms with E-state index in [9.17, 15) is 0 Å². The van der Waals surface area contributed by atoms with Gasteiger partial charge < -0.3 is 15.8 Å². The van der Waals surface area contributed by atoms with Crippen LogP contribution in [-0.4, -0.2) is 12.3 Å². The zero-order valence-corrected chi connectivity index (χ0v) is 12.5.